The number of carbonyl (C=O) groups excluding carboxylic acids is 2. The van der Waals surface area contributed by atoms with Gasteiger partial charge in [0.1, 0.15) is 11.8 Å². The van der Waals surface area contributed by atoms with Gasteiger partial charge >= 0.3 is 5.97 Å². The van der Waals surface area contributed by atoms with Crippen LogP contribution in [-0.2, 0) is 14.3 Å². The highest BCUT2D eigenvalue weighted by Crippen LogP contribution is 2.33. The molecule has 3 rings (SSSR count). The number of benzene rings is 2. The third-order valence-corrected chi connectivity index (χ3v) is 5.85. The lowest BCUT2D eigenvalue weighted by atomic mass is 9.96. The van der Waals surface area contributed by atoms with E-state index in [9.17, 15) is 9.59 Å². The molecule has 0 fully saturated rings. The first-order chi connectivity index (χ1) is 15.4. The number of amidine groups is 1. The summed E-state index contributed by atoms with van der Waals surface area (Å²) in [5.41, 5.74) is 2.43. The van der Waals surface area contributed by atoms with E-state index in [1.807, 2.05) is 24.3 Å². The number of rotatable bonds is 7. The van der Waals surface area contributed by atoms with Crippen LogP contribution in [0.4, 0.5) is 5.69 Å². The molecule has 0 unspecified atom stereocenters. The lowest BCUT2D eigenvalue weighted by molar-refractivity contribution is -0.139. The number of hydrogen-bond donors (Lipinski definition) is 2. The standard InChI is InChI=1S/C23H24ClN3O4S/c1-4-31-22(29)20-14(2)25-23(27-21(20)15-9-11-16(30-3)12-10-15)32-13-19(28)26-18-8-6-5-7-17(18)24/h5-12,21H,4,13H2,1-3H3,(H,25,27)(H,26,28)/t21-/m0/s1. The van der Waals surface area contributed by atoms with Crippen LogP contribution in [0.2, 0.25) is 5.02 Å². The predicted octanol–water partition coefficient (Wildman–Crippen LogP) is 4.56. The molecule has 1 heterocycles. The number of carbonyl (C=O) groups is 2. The summed E-state index contributed by atoms with van der Waals surface area (Å²) in [4.78, 5) is 29.7. The number of halogens is 1. The normalized spacial score (nSPS) is 15.5. The highest BCUT2D eigenvalue weighted by atomic mass is 35.5. The summed E-state index contributed by atoms with van der Waals surface area (Å²) in [7, 11) is 1.59. The van der Waals surface area contributed by atoms with Crippen molar-refractivity contribution < 1.29 is 19.1 Å². The smallest absolute Gasteiger partial charge is 0.338 e. The summed E-state index contributed by atoms with van der Waals surface area (Å²) < 4.78 is 10.5. The minimum atomic E-state index is -0.560. The van der Waals surface area contributed by atoms with E-state index in [2.05, 4.69) is 10.6 Å². The molecule has 1 amide bonds. The number of anilines is 1. The Morgan fingerprint density at radius 3 is 2.56 bits per heavy atom. The number of amides is 1. The first-order valence-electron chi connectivity index (χ1n) is 9.96. The van der Waals surface area contributed by atoms with E-state index in [0.717, 1.165) is 5.56 Å². The van der Waals surface area contributed by atoms with Crippen molar-refractivity contribution in [2.45, 2.75) is 19.9 Å². The van der Waals surface area contributed by atoms with Crippen molar-refractivity contribution in [1.82, 2.24) is 5.32 Å². The fraction of sp³-hybridized carbons (Fsp3) is 0.261. The van der Waals surface area contributed by atoms with Gasteiger partial charge in [0.05, 0.1) is 35.8 Å². The Morgan fingerprint density at radius 2 is 1.91 bits per heavy atom. The zero-order valence-corrected chi connectivity index (χ0v) is 19.5. The maximum absolute atomic E-state index is 12.6. The number of ether oxygens (including phenoxy) is 2. The average molecular weight is 474 g/mol. The van der Waals surface area contributed by atoms with Gasteiger partial charge in [0, 0.05) is 5.70 Å². The van der Waals surface area contributed by atoms with Gasteiger partial charge in [0.15, 0.2) is 5.17 Å². The van der Waals surface area contributed by atoms with Crippen LogP contribution in [-0.4, -0.2) is 36.5 Å². The molecule has 32 heavy (non-hydrogen) atoms. The average Bonchev–Trinajstić information content (AvgIpc) is 2.79. The van der Waals surface area contributed by atoms with Gasteiger partial charge in [-0.25, -0.2) is 9.79 Å². The summed E-state index contributed by atoms with van der Waals surface area (Å²) in [5, 5.41) is 6.91. The number of nitrogens with one attached hydrogen (secondary N) is 2. The molecular formula is C23H24ClN3O4S. The number of aliphatic imine (C=N–C) groups is 1. The molecule has 0 bridgehead atoms. The number of hydrogen-bond acceptors (Lipinski definition) is 7. The predicted molar refractivity (Wildman–Crippen MR) is 128 cm³/mol. The molecule has 1 atom stereocenters. The van der Waals surface area contributed by atoms with Crippen LogP contribution in [0.25, 0.3) is 0 Å². The summed E-state index contributed by atoms with van der Waals surface area (Å²) in [6, 6.07) is 13.8. The van der Waals surface area contributed by atoms with Crippen molar-refractivity contribution in [3.8, 4) is 5.75 Å². The van der Waals surface area contributed by atoms with Crippen LogP contribution < -0.4 is 15.4 Å². The molecule has 0 saturated carbocycles. The Hall–Kier alpha value is -2.97. The van der Waals surface area contributed by atoms with Crippen LogP contribution in [0.3, 0.4) is 0 Å². The number of esters is 1. The summed E-state index contributed by atoms with van der Waals surface area (Å²) in [6.45, 7) is 3.81. The van der Waals surface area contributed by atoms with Crippen LogP contribution in [0.15, 0.2) is 64.8 Å². The Morgan fingerprint density at radius 1 is 1.19 bits per heavy atom. The van der Waals surface area contributed by atoms with E-state index < -0.39 is 12.0 Å². The third-order valence-electron chi connectivity index (χ3n) is 4.63. The molecule has 2 N–H and O–H groups in total. The largest absolute Gasteiger partial charge is 0.497 e. The van der Waals surface area contributed by atoms with Gasteiger partial charge in [-0.15, -0.1) is 0 Å². The second-order valence-electron chi connectivity index (χ2n) is 6.81. The van der Waals surface area contributed by atoms with Crippen molar-refractivity contribution in [1.29, 1.82) is 0 Å². The Balaban J connectivity index is 1.78. The number of para-hydroxylation sites is 1. The van der Waals surface area contributed by atoms with Gasteiger partial charge in [0.2, 0.25) is 5.91 Å². The molecule has 0 spiro atoms. The van der Waals surface area contributed by atoms with E-state index in [1.165, 1.54) is 11.8 Å². The van der Waals surface area contributed by atoms with Crippen LogP contribution >= 0.6 is 23.4 Å². The monoisotopic (exact) mass is 473 g/mol. The van der Waals surface area contributed by atoms with Gasteiger partial charge in [-0.3, -0.25) is 4.79 Å². The van der Waals surface area contributed by atoms with Crippen molar-refractivity contribution >= 4 is 46.1 Å². The lowest BCUT2D eigenvalue weighted by Crippen LogP contribution is -2.31. The van der Waals surface area contributed by atoms with E-state index in [0.29, 0.717) is 32.9 Å². The molecule has 0 radical (unpaired) electrons. The minimum absolute atomic E-state index is 0.119. The molecule has 2 aromatic carbocycles. The van der Waals surface area contributed by atoms with Gasteiger partial charge < -0.3 is 20.1 Å². The Bertz CT molecular complexity index is 1050. The van der Waals surface area contributed by atoms with Gasteiger partial charge in [-0.2, -0.15) is 0 Å². The topological polar surface area (TPSA) is 89.0 Å². The lowest BCUT2D eigenvalue weighted by Gasteiger charge is -2.25. The zero-order chi connectivity index (χ0) is 23.1. The van der Waals surface area contributed by atoms with Gasteiger partial charge in [-0.1, -0.05) is 47.6 Å². The fourth-order valence-corrected chi connectivity index (χ4v) is 4.03. The molecular weight excluding hydrogens is 450 g/mol. The van der Waals surface area contributed by atoms with E-state index in [-0.39, 0.29) is 18.3 Å². The van der Waals surface area contributed by atoms with Crippen LogP contribution in [0, 0.1) is 0 Å². The number of allylic oxidation sites excluding steroid dienone is 1. The zero-order valence-electron chi connectivity index (χ0n) is 18.0. The number of nitrogens with zero attached hydrogens (tertiary/aromatic N) is 1. The van der Waals surface area contributed by atoms with Crippen LogP contribution in [0.1, 0.15) is 25.5 Å². The highest BCUT2D eigenvalue weighted by Gasteiger charge is 2.30. The maximum atomic E-state index is 12.6. The number of thioether (sulfide) groups is 1. The van der Waals surface area contributed by atoms with Crippen molar-refractivity contribution in [2.75, 3.05) is 24.8 Å². The minimum Gasteiger partial charge on any atom is -0.497 e. The maximum Gasteiger partial charge on any atom is 0.338 e. The molecule has 1 aliphatic rings. The highest BCUT2D eigenvalue weighted by molar-refractivity contribution is 8.14. The van der Waals surface area contributed by atoms with E-state index in [4.69, 9.17) is 26.1 Å². The van der Waals surface area contributed by atoms with E-state index in [1.54, 1.807) is 45.2 Å². The first kappa shape index (κ1) is 23.7. The second kappa shape index (κ2) is 11.1. The Kier molecular flexibility index (Phi) is 8.19. The van der Waals surface area contributed by atoms with Crippen molar-refractivity contribution in [3.05, 3.63) is 70.4 Å². The van der Waals surface area contributed by atoms with Gasteiger partial charge in [-0.05, 0) is 43.7 Å². The summed E-state index contributed by atoms with van der Waals surface area (Å²) in [5.74, 6) is 0.180. The molecule has 2 aromatic rings. The SMILES string of the molecule is CCOC(=O)C1=C(C)NC(SCC(=O)Nc2ccccc2Cl)=N[C@H]1c1ccc(OC)cc1. The fourth-order valence-electron chi connectivity index (χ4n) is 3.10. The molecule has 7 nitrogen and oxygen atoms in total. The quantitative estimate of drug-likeness (QED) is 0.573. The molecule has 0 aromatic heterocycles. The number of methoxy groups -OCH3 is 1. The van der Waals surface area contributed by atoms with Crippen molar-refractivity contribution in [3.63, 3.8) is 0 Å². The Labute approximate surface area is 196 Å². The molecule has 9 heteroatoms. The molecule has 0 saturated heterocycles. The molecule has 0 aliphatic carbocycles. The first-order valence-corrected chi connectivity index (χ1v) is 11.3. The van der Waals surface area contributed by atoms with Gasteiger partial charge in [0.25, 0.3) is 0 Å². The summed E-state index contributed by atoms with van der Waals surface area (Å²) >= 11 is 7.34. The summed E-state index contributed by atoms with van der Waals surface area (Å²) in [6.07, 6.45) is 0. The van der Waals surface area contributed by atoms with E-state index >= 15 is 0 Å². The van der Waals surface area contributed by atoms with Crippen LogP contribution in [0.5, 0.6) is 5.75 Å². The second-order valence-corrected chi connectivity index (χ2v) is 8.18. The third kappa shape index (κ3) is 5.83. The van der Waals surface area contributed by atoms with Crippen molar-refractivity contribution in [2.24, 2.45) is 4.99 Å². The molecule has 168 valence electrons. The molecule has 1 aliphatic heterocycles.